The third kappa shape index (κ3) is 5.95. The lowest BCUT2D eigenvalue weighted by Crippen LogP contribution is -2.55. The number of carbonyl (C=O) groups is 3. The first-order chi connectivity index (χ1) is 16.4. The molecule has 9 nitrogen and oxygen atoms in total. The molecule has 186 valence electrons. The SMILES string of the molecule is CCC(CC)C(=O)N1CCCC1C(=O)N[C@H](Cc1c[nH]c2ccccc12)C(=O)NCC(O)CN. The Bertz CT molecular complexity index is 987. The number of nitrogens with one attached hydrogen (secondary N) is 3. The van der Waals surface area contributed by atoms with Crippen LogP contribution < -0.4 is 16.4 Å². The molecule has 0 aliphatic carbocycles. The van der Waals surface area contributed by atoms with E-state index >= 15 is 0 Å². The molecular formula is C25H37N5O4. The lowest BCUT2D eigenvalue weighted by molar-refractivity contribution is -0.142. The van der Waals surface area contributed by atoms with Crippen molar-refractivity contribution >= 4 is 28.6 Å². The number of aromatic nitrogens is 1. The number of para-hydroxylation sites is 1. The zero-order valence-electron chi connectivity index (χ0n) is 20.0. The maximum absolute atomic E-state index is 13.3. The van der Waals surface area contributed by atoms with Crippen LogP contribution in [0.1, 0.15) is 45.1 Å². The van der Waals surface area contributed by atoms with Crippen molar-refractivity contribution in [2.24, 2.45) is 11.7 Å². The van der Waals surface area contributed by atoms with Crippen molar-refractivity contribution in [1.29, 1.82) is 0 Å². The number of likely N-dealkylation sites (tertiary alicyclic amines) is 1. The normalized spacial score (nSPS) is 17.7. The lowest BCUT2D eigenvalue weighted by Gasteiger charge is -2.29. The van der Waals surface area contributed by atoms with Crippen LogP contribution in [0.25, 0.3) is 10.9 Å². The largest absolute Gasteiger partial charge is 0.390 e. The number of hydrogen-bond acceptors (Lipinski definition) is 5. The minimum atomic E-state index is -0.864. The van der Waals surface area contributed by atoms with Crippen LogP contribution in [0.2, 0.25) is 0 Å². The van der Waals surface area contributed by atoms with Gasteiger partial charge in [0.05, 0.1) is 6.10 Å². The third-order valence-electron chi connectivity index (χ3n) is 6.69. The number of rotatable bonds is 11. The number of hydrogen-bond donors (Lipinski definition) is 5. The van der Waals surface area contributed by atoms with Gasteiger partial charge in [-0.05, 0) is 37.3 Å². The molecule has 1 aromatic heterocycles. The molecule has 0 bridgehead atoms. The zero-order valence-corrected chi connectivity index (χ0v) is 20.0. The van der Waals surface area contributed by atoms with E-state index in [0.717, 1.165) is 35.7 Å². The first-order valence-corrected chi connectivity index (χ1v) is 12.2. The highest BCUT2D eigenvalue weighted by Crippen LogP contribution is 2.23. The second kappa shape index (κ2) is 12.0. The summed E-state index contributed by atoms with van der Waals surface area (Å²) in [6, 6.07) is 6.31. The number of amides is 3. The number of aromatic amines is 1. The molecule has 3 atom stereocenters. The minimum absolute atomic E-state index is 0.00168. The van der Waals surface area contributed by atoms with Crippen LogP contribution >= 0.6 is 0 Å². The van der Waals surface area contributed by atoms with Gasteiger partial charge < -0.3 is 31.4 Å². The molecule has 6 N–H and O–H groups in total. The summed E-state index contributed by atoms with van der Waals surface area (Å²) in [7, 11) is 0. The molecule has 1 aromatic carbocycles. The second-order valence-corrected chi connectivity index (χ2v) is 8.96. The Morgan fingerprint density at radius 3 is 2.68 bits per heavy atom. The average Bonchev–Trinajstić information content (AvgIpc) is 3.50. The van der Waals surface area contributed by atoms with Crippen LogP contribution in [0, 0.1) is 5.92 Å². The molecule has 0 spiro atoms. The lowest BCUT2D eigenvalue weighted by atomic mass is 10.0. The van der Waals surface area contributed by atoms with Crippen LogP contribution in [0.15, 0.2) is 30.5 Å². The number of aliphatic hydroxyl groups excluding tert-OH is 1. The van der Waals surface area contributed by atoms with Gasteiger partial charge in [0.15, 0.2) is 0 Å². The molecule has 9 heteroatoms. The summed E-state index contributed by atoms with van der Waals surface area (Å²) in [5, 5.41) is 16.3. The van der Waals surface area contributed by atoms with E-state index in [1.54, 1.807) is 4.90 Å². The van der Waals surface area contributed by atoms with Crippen molar-refractivity contribution in [3.8, 4) is 0 Å². The van der Waals surface area contributed by atoms with Crippen LogP contribution in [0.4, 0.5) is 0 Å². The fourth-order valence-electron chi connectivity index (χ4n) is 4.60. The van der Waals surface area contributed by atoms with Gasteiger partial charge in [0.2, 0.25) is 17.7 Å². The molecule has 1 aliphatic heterocycles. The first-order valence-electron chi connectivity index (χ1n) is 12.2. The van der Waals surface area contributed by atoms with Crippen LogP contribution in [0.3, 0.4) is 0 Å². The fourth-order valence-corrected chi connectivity index (χ4v) is 4.60. The number of benzene rings is 1. The molecule has 1 saturated heterocycles. The van der Waals surface area contributed by atoms with Crippen LogP contribution in [-0.2, 0) is 20.8 Å². The van der Waals surface area contributed by atoms with Gasteiger partial charge in [0.25, 0.3) is 0 Å². The molecule has 34 heavy (non-hydrogen) atoms. The maximum Gasteiger partial charge on any atom is 0.243 e. The highest BCUT2D eigenvalue weighted by Gasteiger charge is 2.37. The average molecular weight is 472 g/mol. The van der Waals surface area contributed by atoms with Crippen molar-refractivity contribution in [2.45, 2.75) is 64.1 Å². The van der Waals surface area contributed by atoms with Gasteiger partial charge in [-0.15, -0.1) is 0 Å². The fraction of sp³-hybridized carbons (Fsp3) is 0.560. The monoisotopic (exact) mass is 471 g/mol. The predicted octanol–water partition coefficient (Wildman–Crippen LogP) is 1.06. The van der Waals surface area contributed by atoms with Crippen molar-refractivity contribution < 1.29 is 19.5 Å². The van der Waals surface area contributed by atoms with Crippen molar-refractivity contribution in [2.75, 3.05) is 19.6 Å². The number of H-pyrrole nitrogens is 1. The van der Waals surface area contributed by atoms with Crippen LogP contribution in [-0.4, -0.2) is 70.5 Å². The van der Waals surface area contributed by atoms with Gasteiger partial charge in [-0.3, -0.25) is 14.4 Å². The smallest absolute Gasteiger partial charge is 0.243 e. The van der Waals surface area contributed by atoms with Gasteiger partial charge in [0.1, 0.15) is 12.1 Å². The van der Waals surface area contributed by atoms with E-state index in [1.807, 2.05) is 44.3 Å². The molecule has 1 aliphatic rings. The number of carbonyl (C=O) groups excluding carboxylic acids is 3. The number of fused-ring (bicyclic) bond motifs is 1. The van der Waals surface area contributed by atoms with Crippen LogP contribution in [0.5, 0.6) is 0 Å². The summed E-state index contributed by atoms with van der Waals surface area (Å²) in [5.41, 5.74) is 7.29. The molecule has 0 saturated carbocycles. The molecule has 1 fully saturated rings. The summed E-state index contributed by atoms with van der Waals surface area (Å²) >= 11 is 0. The summed E-state index contributed by atoms with van der Waals surface area (Å²) in [5.74, 6) is -0.819. The standard InChI is InChI=1S/C25H37N5O4/c1-3-16(4-2)25(34)30-11-7-10-22(30)24(33)29-21(23(32)28-15-18(31)13-26)12-17-14-27-20-9-6-5-8-19(17)20/h5-6,8-9,14,16,18,21-22,27,31H,3-4,7,10-13,15,26H2,1-2H3,(H,28,32)(H,29,33)/t18?,21-,22?/m1/s1. The van der Waals surface area contributed by atoms with E-state index in [2.05, 4.69) is 15.6 Å². The Morgan fingerprint density at radius 1 is 1.24 bits per heavy atom. The Balaban J connectivity index is 1.77. The van der Waals surface area contributed by atoms with Gasteiger partial charge in [-0.25, -0.2) is 0 Å². The summed E-state index contributed by atoms with van der Waals surface area (Å²) in [6.45, 7) is 4.53. The number of nitrogens with two attached hydrogens (primary N) is 1. The maximum atomic E-state index is 13.3. The molecule has 2 heterocycles. The Morgan fingerprint density at radius 2 is 1.97 bits per heavy atom. The highest BCUT2D eigenvalue weighted by atomic mass is 16.3. The topological polar surface area (TPSA) is 141 Å². The van der Waals surface area contributed by atoms with E-state index in [9.17, 15) is 19.5 Å². The molecule has 3 rings (SSSR count). The minimum Gasteiger partial charge on any atom is -0.390 e. The zero-order chi connectivity index (χ0) is 24.7. The Labute approximate surface area is 200 Å². The van der Waals surface area contributed by atoms with E-state index in [1.165, 1.54) is 0 Å². The molecule has 2 aromatic rings. The Hall–Kier alpha value is -2.91. The number of nitrogens with zero attached hydrogens (tertiary/aromatic N) is 1. The van der Waals surface area contributed by atoms with Crippen molar-refractivity contribution in [1.82, 2.24) is 20.5 Å². The Kier molecular flexibility index (Phi) is 9.06. The van der Waals surface area contributed by atoms with E-state index < -0.39 is 24.1 Å². The van der Waals surface area contributed by atoms with Gasteiger partial charge in [-0.1, -0.05) is 32.0 Å². The molecule has 2 unspecified atom stereocenters. The van der Waals surface area contributed by atoms with E-state index in [-0.39, 0.29) is 37.2 Å². The molecule has 3 amide bonds. The second-order valence-electron chi connectivity index (χ2n) is 8.96. The summed E-state index contributed by atoms with van der Waals surface area (Å²) < 4.78 is 0. The van der Waals surface area contributed by atoms with Gasteiger partial charge >= 0.3 is 0 Å². The third-order valence-corrected chi connectivity index (χ3v) is 6.69. The predicted molar refractivity (Wildman–Crippen MR) is 131 cm³/mol. The quantitative estimate of drug-likeness (QED) is 0.333. The van der Waals surface area contributed by atoms with Gasteiger partial charge in [0, 0.05) is 49.1 Å². The van der Waals surface area contributed by atoms with E-state index in [4.69, 9.17) is 5.73 Å². The molecule has 0 radical (unpaired) electrons. The first kappa shape index (κ1) is 25.7. The van der Waals surface area contributed by atoms with Crippen molar-refractivity contribution in [3.05, 3.63) is 36.0 Å². The van der Waals surface area contributed by atoms with Crippen molar-refractivity contribution in [3.63, 3.8) is 0 Å². The highest BCUT2D eigenvalue weighted by molar-refractivity contribution is 5.93. The number of aliphatic hydroxyl groups is 1. The summed E-state index contributed by atoms with van der Waals surface area (Å²) in [6.07, 6.45) is 4.04. The van der Waals surface area contributed by atoms with E-state index in [0.29, 0.717) is 13.0 Å². The molecular weight excluding hydrogens is 434 g/mol. The summed E-state index contributed by atoms with van der Waals surface area (Å²) in [4.78, 5) is 44.2. The van der Waals surface area contributed by atoms with Gasteiger partial charge in [-0.2, -0.15) is 0 Å².